The fourth-order valence-electron chi connectivity index (χ4n) is 1.32. The van der Waals surface area contributed by atoms with Crippen molar-refractivity contribution in [1.82, 2.24) is 15.3 Å². The number of aromatic nitrogens is 2. The zero-order valence-corrected chi connectivity index (χ0v) is 10.8. The van der Waals surface area contributed by atoms with E-state index in [2.05, 4.69) is 15.3 Å². The molecule has 0 radical (unpaired) electrons. The summed E-state index contributed by atoms with van der Waals surface area (Å²) in [5.74, 6) is -0.736. The SMILES string of the molecule is CCNC(=O)CN(C)c1ncc(/C=C/C(=O)O)cn1. The van der Waals surface area contributed by atoms with Crippen molar-refractivity contribution in [2.24, 2.45) is 0 Å². The maximum atomic E-state index is 11.4. The van der Waals surface area contributed by atoms with Crippen LogP contribution < -0.4 is 10.2 Å². The van der Waals surface area contributed by atoms with Crippen molar-refractivity contribution in [3.05, 3.63) is 24.0 Å². The number of nitrogens with zero attached hydrogens (tertiary/aromatic N) is 3. The van der Waals surface area contributed by atoms with Gasteiger partial charge < -0.3 is 15.3 Å². The third-order valence-electron chi connectivity index (χ3n) is 2.17. The van der Waals surface area contributed by atoms with Gasteiger partial charge in [0.25, 0.3) is 0 Å². The highest BCUT2D eigenvalue weighted by atomic mass is 16.4. The zero-order valence-electron chi connectivity index (χ0n) is 10.8. The van der Waals surface area contributed by atoms with Crippen molar-refractivity contribution in [2.45, 2.75) is 6.92 Å². The van der Waals surface area contributed by atoms with E-state index in [1.54, 1.807) is 11.9 Å². The van der Waals surface area contributed by atoms with Gasteiger partial charge in [0.15, 0.2) is 0 Å². The highest BCUT2D eigenvalue weighted by Gasteiger charge is 2.08. The minimum Gasteiger partial charge on any atom is -0.478 e. The molecular formula is C12H16N4O3. The standard InChI is InChI=1S/C12H16N4O3/c1-3-13-10(17)8-16(2)12-14-6-9(7-15-12)4-5-11(18)19/h4-7H,3,8H2,1-2H3,(H,13,17)(H,18,19)/b5-4+. The van der Waals surface area contributed by atoms with Gasteiger partial charge in [0, 0.05) is 37.6 Å². The molecule has 0 unspecified atom stereocenters. The fourth-order valence-corrected chi connectivity index (χ4v) is 1.32. The minimum absolute atomic E-state index is 0.108. The largest absolute Gasteiger partial charge is 0.478 e. The molecule has 1 heterocycles. The van der Waals surface area contributed by atoms with Gasteiger partial charge in [-0.2, -0.15) is 0 Å². The number of likely N-dealkylation sites (N-methyl/N-ethyl adjacent to an activating group) is 2. The Kier molecular flexibility index (Phi) is 5.46. The molecule has 0 fully saturated rings. The molecule has 0 aliphatic heterocycles. The highest BCUT2D eigenvalue weighted by molar-refractivity contribution is 5.85. The third kappa shape index (κ3) is 5.15. The van der Waals surface area contributed by atoms with Crippen LogP contribution in [0.2, 0.25) is 0 Å². The average Bonchev–Trinajstić information content (AvgIpc) is 2.37. The first-order valence-electron chi connectivity index (χ1n) is 5.73. The summed E-state index contributed by atoms with van der Waals surface area (Å²) in [6, 6.07) is 0. The van der Waals surface area contributed by atoms with E-state index < -0.39 is 5.97 Å². The molecular weight excluding hydrogens is 248 g/mol. The van der Waals surface area contributed by atoms with Crippen LogP contribution in [-0.2, 0) is 9.59 Å². The molecule has 0 spiro atoms. The Hall–Kier alpha value is -2.44. The quantitative estimate of drug-likeness (QED) is 0.710. The van der Waals surface area contributed by atoms with E-state index in [-0.39, 0.29) is 12.5 Å². The van der Waals surface area contributed by atoms with Crippen molar-refractivity contribution in [2.75, 3.05) is 25.0 Å². The lowest BCUT2D eigenvalue weighted by atomic mass is 10.3. The smallest absolute Gasteiger partial charge is 0.328 e. The first kappa shape index (κ1) is 14.6. The summed E-state index contributed by atoms with van der Waals surface area (Å²) in [6.07, 6.45) is 5.40. The molecule has 19 heavy (non-hydrogen) atoms. The Morgan fingerprint density at radius 1 is 1.42 bits per heavy atom. The second-order valence-corrected chi connectivity index (χ2v) is 3.80. The number of carbonyl (C=O) groups is 2. The number of carboxylic acids is 1. The van der Waals surface area contributed by atoms with Gasteiger partial charge in [-0.15, -0.1) is 0 Å². The lowest BCUT2D eigenvalue weighted by Gasteiger charge is -2.15. The highest BCUT2D eigenvalue weighted by Crippen LogP contribution is 2.05. The predicted octanol–water partition coefficient (Wildman–Crippen LogP) is 0.147. The Balaban J connectivity index is 2.65. The van der Waals surface area contributed by atoms with Gasteiger partial charge in [-0.1, -0.05) is 0 Å². The van der Waals surface area contributed by atoms with Crippen molar-refractivity contribution in [3.8, 4) is 0 Å². The Labute approximate surface area is 111 Å². The second kappa shape index (κ2) is 7.10. The van der Waals surface area contributed by atoms with Crippen molar-refractivity contribution in [1.29, 1.82) is 0 Å². The normalized spacial score (nSPS) is 10.4. The Bertz CT molecular complexity index is 470. The number of anilines is 1. The number of hydrogen-bond donors (Lipinski definition) is 2. The molecule has 0 aromatic carbocycles. The molecule has 0 saturated heterocycles. The summed E-state index contributed by atoms with van der Waals surface area (Å²) in [5, 5.41) is 11.2. The third-order valence-corrected chi connectivity index (χ3v) is 2.17. The first-order chi connectivity index (χ1) is 9.02. The predicted molar refractivity (Wildman–Crippen MR) is 70.7 cm³/mol. The van der Waals surface area contributed by atoms with E-state index in [0.29, 0.717) is 18.1 Å². The molecule has 102 valence electrons. The van der Waals surface area contributed by atoms with Crippen molar-refractivity contribution in [3.63, 3.8) is 0 Å². The molecule has 0 saturated carbocycles. The van der Waals surface area contributed by atoms with Crippen LogP contribution in [-0.4, -0.2) is 47.1 Å². The number of hydrogen-bond acceptors (Lipinski definition) is 5. The number of rotatable bonds is 6. The number of amides is 1. The maximum Gasteiger partial charge on any atom is 0.328 e. The summed E-state index contributed by atoms with van der Waals surface area (Å²) in [6.45, 7) is 2.59. The molecule has 7 heteroatoms. The van der Waals surface area contributed by atoms with Crippen LogP contribution in [0.3, 0.4) is 0 Å². The van der Waals surface area contributed by atoms with Gasteiger partial charge in [-0.25, -0.2) is 14.8 Å². The van der Waals surface area contributed by atoms with Crippen molar-refractivity contribution >= 4 is 23.9 Å². The number of aliphatic carboxylic acids is 1. The van der Waals surface area contributed by atoms with Crippen LogP contribution in [0.5, 0.6) is 0 Å². The number of nitrogens with one attached hydrogen (secondary N) is 1. The van der Waals surface area contributed by atoms with Gasteiger partial charge in [0.05, 0.1) is 6.54 Å². The van der Waals surface area contributed by atoms with E-state index in [4.69, 9.17) is 5.11 Å². The molecule has 0 atom stereocenters. The van der Waals surface area contributed by atoms with Gasteiger partial charge in [-0.05, 0) is 13.0 Å². The fraction of sp³-hybridized carbons (Fsp3) is 0.333. The van der Waals surface area contributed by atoms with Crippen LogP contribution in [0.25, 0.3) is 6.08 Å². The summed E-state index contributed by atoms with van der Waals surface area (Å²) >= 11 is 0. The molecule has 1 rings (SSSR count). The van der Waals surface area contributed by atoms with Gasteiger partial charge in [0.1, 0.15) is 0 Å². The van der Waals surface area contributed by atoms with E-state index in [1.165, 1.54) is 18.5 Å². The topological polar surface area (TPSA) is 95.4 Å². The summed E-state index contributed by atoms with van der Waals surface area (Å²) < 4.78 is 0. The molecule has 0 aliphatic carbocycles. The van der Waals surface area contributed by atoms with Crippen LogP contribution in [0.4, 0.5) is 5.95 Å². The summed E-state index contributed by atoms with van der Waals surface area (Å²) in [4.78, 5) is 31.5. The van der Waals surface area contributed by atoms with Crippen LogP contribution in [0, 0.1) is 0 Å². The Morgan fingerprint density at radius 3 is 2.58 bits per heavy atom. The van der Waals surface area contributed by atoms with Crippen LogP contribution >= 0.6 is 0 Å². The van der Waals surface area contributed by atoms with Crippen LogP contribution in [0.1, 0.15) is 12.5 Å². The van der Waals surface area contributed by atoms with E-state index in [0.717, 1.165) is 6.08 Å². The van der Waals surface area contributed by atoms with Crippen molar-refractivity contribution < 1.29 is 14.7 Å². The van der Waals surface area contributed by atoms with E-state index in [1.807, 2.05) is 6.92 Å². The molecule has 2 N–H and O–H groups in total. The molecule has 1 aromatic rings. The Morgan fingerprint density at radius 2 is 2.05 bits per heavy atom. The zero-order chi connectivity index (χ0) is 14.3. The molecule has 0 aliphatic rings. The van der Waals surface area contributed by atoms with Crippen LogP contribution in [0.15, 0.2) is 18.5 Å². The first-order valence-corrected chi connectivity index (χ1v) is 5.73. The second-order valence-electron chi connectivity index (χ2n) is 3.80. The molecule has 1 aromatic heterocycles. The number of carbonyl (C=O) groups excluding carboxylic acids is 1. The monoisotopic (exact) mass is 264 g/mol. The van der Waals surface area contributed by atoms with Gasteiger partial charge in [-0.3, -0.25) is 4.79 Å². The molecule has 1 amide bonds. The van der Waals surface area contributed by atoms with E-state index >= 15 is 0 Å². The van der Waals surface area contributed by atoms with E-state index in [9.17, 15) is 9.59 Å². The number of carboxylic acid groups (broad SMARTS) is 1. The lowest BCUT2D eigenvalue weighted by molar-refractivity contribution is -0.131. The molecule has 7 nitrogen and oxygen atoms in total. The lowest BCUT2D eigenvalue weighted by Crippen LogP contribution is -2.35. The maximum absolute atomic E-state index is 11.4. The average molecular weight is 264 g/mol. The summed E-state index contributed by atoms with van der Waals surface area (Å²) in [5.41, 5.74) is 0.581. The minimum atomic E-state index is -1.03. The van der Waals surface area contributed by atoms with Gasteiger partial charge >= 0.3 is 5.97 Å². The summed E-state index contributed by atoms with van der Waals surface area (Å²) in [7, 11) is 1.71. The molecule has 0 bridgehead atoms. The van der Waals surface area contributed by atoms with Gasteiger partial charge in [0.2, 0.25) is 11.9 Å².